The Morgan fingerprint density at radius 1 is 0.957 bits per heavy atom. The standard InChI is InChI=1S/C36H45ClN6O3/c1-25-20-40(24-39-25)21-26-7-6-16-42(22-26)35(44)32-23-41(17-18-43(32)36(45)46-30-9-3-2-4-10-30)34-31-14-13-29(37)19-28(31)12-11-27-8-5-15-38-33(27)34/h5,8,13-15,19-20,24,26,30,32,34H,2-4,6-7,9-12,16-18,21-23H2,1H3/t26-,32?,34+/m0/s1. The maximum Gasteiger partial charge on any atom is 0.410 e. The first-order chi connectivity index (χ1) is 22.4. The smallest absolute Gasteiger partial charge is 0.410 e. The maximum absolute atomic E-state index is 14.6. The maximum atomic E-state index is 14.6. The lowest BCUT2D eigenvalue weighted by molar-refractivity contribution is -0.141. The van der Waals surface area contributed by atoms with E-state index in [9.17, 15) is 9.59 Å². The molecular weight excluding hydrogens is 600 g/mol. The number of piperidine rings is 1. The molecule has 0 spiro atoms. The second kappa shape index (κ2) is 13.7. The first-order valence-corrected chi connectivity index (χ1v) is 17.5. The summed E-state index contributed by atoms with van der Waals surface area (Å²) in [5, 5.41) is 0.727. The van der Waals surface area contributed by atoms with Crippen molar-refractivity contribution in [3.8, 4) is 0 Å². The van der Waals surface area contributed by atoms with Gasteiger partial charge in [-0.1, -0.05) is 30.2 Å². The van der Waals surface area contributed by atoms with Crippen molar-refractivity contribution in [1.29, 1.82) is 0 Å². The van der Waals surface area contributed by atoms with Gasteiger partial charge < -0.3 is 14.2 Å². The number of amides is 2. The number of imidazole rings is 1. The average molecular weight is 645 g/mol. The molecule has 0 radical (unpaired) electrons. The van der Waals surface area contributed by atoms with Crippen LogP contribution < -0.4 is 0 Å². The minimum atomic E-state index is -0.634. The third-order valence-electron chi connectivity index (χ3n) is 10.4. The van der Waals surface area contributed by atoms with E-state index in [-0.39, 0.29) is 24.1 Å². The fourth-order valence-corrected chi connectivity index (χ4v) is 8.30. The van der Waals surface area contributed by atoms with Crippen LogP contribution in [0.3, 0.4) is 0 Å². The number of pyridine rings is 1. The number of ether oxygens (including phenoxy) is 1. The van der Waals surface area contributed by atoms with Crippen molar-refractivity contribution in [1.82, 2.24) is 29.2 Å². The minimum Gasteiger partial charge on any atom is -0.446 e. The molecule has 1 saturated carbocycles. The van der Waals surface area contributed by atoms with E-state index < -0.39 is 6.04 Å². The lowest BCUT2D eigenvalue weighted by atomic mass is 9.94. The number of carbonyl (C=O) groups is 2. The number of fused-ring (bicyclic) bond motifs is 2. The van der Waals surface area contributed by atoms with Crippen LogP contribution in [0.15, 0.2) is 49.1 Å². The molecule has 2 aliphatic carbocycles. The van der Waals surface area contributed by atoms with Crippen LogP contribution in [-0.2, 0) is 28.9 Å². The Balaban J connectivity index is 1.17. The first-order valence-electron chi connectivity index (χ1n) is 17.1. The quantitative estimate of drug-likeness (QED) is 0.348. The van der Waals surface area contributed by atoms with Crippen LogP contribution >= 0.6 is 11.6 Å². The Labute approximate surface area is 276 Å². The fourth-order valence-electron chi connectivity index (χ4n) is 8.11. The van der Waals surface area contributed by atoms with Crippen molar-refractivity contribution < 1.29 is 14.3 Å². The number of aromatic nitrogens is 3. The van der Waals surface area contributed by atoms with E-state index in [1.54, 1.807) is 4.90 Å². The summed E-state index contributed by atoms with van der Waals surface area (Å²) in [5.41, 5.74) is 5.64. The van der Waals surface area contributed by atoms with Crippen LogP contribution in [-0.4, -0.2) is 86.1 Å². The molecule has 2 amide bonds. The molecule has 1 aromatic carbocycles. The van der Waals surface area contributed by atoms with Crippen LogP contribution in [0.2, 0.25) is 5.02 Å². The number of likely N-dealkylation sites (tertiary alicyclic amines) is 1. The Morgan fingerprint density at radius 3 is 2.63 bits per heavy atom. The summed E-state index contributed by atoms with van der Waals surface area (Å²) < 4.78 is 8.22. The van der Waals surface area contributed by atoms with Crippen LogP contribution in [0.1, 0.15) is 79.1 Å². The monoisotopic (exact) mass is 644 g/mol. The van der Waals surface area contributed by atoms with E-state index in [2.05, 4.69) is 38.8 Å². The summed E-state index contributed by atoms with van der Waals surface area (Å²) in [5.74, 6) is 0.353. The molecule has 0 N–H and O–H groups in total. The molecule has 244 valence electrons. The Kier molecular flexibility index (Phi) is 9.31. The zero-order valence-corrected chi connectivity index (χ0v) is 27.6. The second-order valence-electron chi connectivity index (χ2n) is 13.6. The van der Waals surface area contributed by atoms with Crippen molar-refractivity contribution in [3.63, 3.8) is 0 Å². The van der Waals surface area contributed by atoms with Gasteiger partial charge in [-0.2, -0.15) is 0 Å². The molecule has 2 saturated heterocycles. The van der Waals surface area contributed by atoms with E-state index in [1.807, 2.05) is 36.5 Å². The summed E-state index contributed by atoms with van der Waals surface area (Å²) in [7, 11) is 0. The molecule has 9 nitrogen and oxygen atoms in total. The van der Waals surface area contributed by atoms with Crippen LogP contribution in [0.25, 0.3) is 0 Å². The van der Waals surface area contributed by atoms with Gasteiger partial charge >= 0.3 is 6.09 Å². The molecular formula is C36H45ClN6O3. The Hall–Kier alpha value is -3.43. The normalized spacial score (nSPS) is 24.2. The predicted octanol–water partition coefficient (Wildman–Crippen LogP) is 5.82. The van der Waals surface area contributed by atoms with Crippen LogP contribution in [0, 0.1) is 12.8 Å². The number of rotatable bonds is 5. The van der Waals surface area contributed by atoms with Gasteiger partial charge in [-0.05, 0) is 99.1 Å². The van der Waals surface area contributed by atoms with E-state index in [0.717, 1.165) is 74.3 Å². The number of aryl methyl sites for hydroxylation is 3. The number of nitrogens with zero attached hydrogens (tertiary/aromatic N) is 6. The number of hydrogen-bond acceptors (Lipinski definition) is 6. The number of piperazine rings is 1. The highest BCUT2D eigenvalue weighted by atomic mass is 35.5. The average Bonchev–Trinajstić information content (AvgIpc) is 3.41. The van der Waals surface area contributed by atoms with Crippen LogP contribution in [0.4, 0.5) is 4.79 Å². The fraction of sp³-hybridized carbons (Fsp3) is 0.556. The third kappa shape index (κ3) is 6.67. The SMILES string of the molecule is Cc1cn(C[C@@H]2CCCN(C(=O)C3CN([C@@H]4c5ccc(Cl)cc5CCc5cccnc54)CCN3C(=O)OC3CCCCC3)C2)cn1. The number of carbonyl (C=O) groups excluding carboxylic acids is 2. The summed E-state index contributed by atoms with van der Waals surface area (Å²) >= 11 is 6.48. The lowest BCUT2D eigenvalue weighted by Crippen LogP contribution is -2.62. The number of benzene rings is 1. The molecule has 3 atom stereocenters. The van der Waals surface area contributed by atoms with Crippen LogP contribution in [0.5, 0.6) is 0 Å². The zero-order valence-electron chi connectivity index (χ0n) is 26.8. The van der Waals surface area contributed by atoms with Gasteiger partial charge in [0.25, 0.3) is 0 Å². The minimum absolute atomic E-state index is 0.0167. The number of hydrogen-bond donors (Lipinski definition) is 0. The highest BCUT2D eigenvalue weighted by Crippen LogP contribution is 2.38. The summed E-state index contributed by atoms with van der Waals surface area (Å²) in [4.78, 5) is 43.8. The zero-order chi connectivity index (χ0) is 31.6. The molecule has 2 aromatic heterocycles. The van der Waals surface area contributed by atoms with Gasteiger partial charge in [0.1, 0.15) is 12.1 Å². The molecule has 3 aromatic rings. The van der Waals surface area contributed by atoms with Crippen molar-refractivity contribution in [3.05, 3.63) is 82.2 Å². The topological polar surface area (TPSA) is 83.8 Å². The number of halogens is 1. The molecule has 10 heteroatoms. The second-order valence-corrected chi connectivity index (χ2v) is 14.1. The van der Waals surface area contributed by atoms with Crippen molar-refractivity contribution in [2.24, 2.45) is 5.92 Å². The summed E-state index contributed by atoms with van der Waals surface area (Å²) in [6, 6.07) is 9.56. The summed E-state index contributed by atoms with van der Waals surface area (Å²) in [6.07, 6.45) is 14.3. The van der Waals surface area contributed by atoms with Gasteiger partial charge in [-0.3, -0.25) is 19.6 Å². The van der Waals surface area contributed by atoms with Gasteiger partial charge in [0.2, 0.25) is 5.91 Å². The Morgan fingerprint density at radius 2 is 1.80 bits per heavy atom. The predicted molar refractivity (Wildman–Crippen MR) is 177 cm³/mol. The van der Waals surface area contributed by atoms with E-state index in [4.69, 9.17) is 21.3 Å². The van der Waals surface area contributed by atoms with Crippen molar-refractivity contribution >= 4 is 23.6 Å². The Bertz CT molecular complexity index is 1550. The van der Waals surface area contributed by atoms with E-state index in [0.29, 0.717) is 38.6 Å². The van der Waals surface area contributed by atoms with E-state index in [1.165, 1.54) is 23.1 Å². The van der Waals surface area contributed by atoms with Gasteiger partial charge in [-0.25, -0.2) is 9.78 Å². The van der Waals surface area contributed by atoms with Crippen molar-refractivity contribution in [2.45, 2.75) is 89.4 Å². The molecule has 4 aliphatic rings. The van der Waals surface area contributed by atoms with Gasteiger partial charge in [0, 0.05) is 56.7 Å². The van der Waals surface area contributed by atoms with E-state index >= 15 is 0 Å². The van der Waals surface area contributed by atoms with Crippen molar-refractivity contribution in [2.75, 3.05) is 32.7 Å². The molecule has 7 rings (SSSR count). The summed E-state index contributed by atoms with van der Waals surface area (Å²) in [6.45, 7) is 5.67. The lowest BCUT2D eigenvalue weighted by Gasteiger charge is -2.45. The van der Waals surface area contributed by atoms with Gasteiger partial charge in [-0.15, -0.1) is 0 Å². The molecule has 1 unspecified atom stereocenters. The molecule has 4 heterocycles. The third-order valence-corrected chi connectivity index (χ3v) is 10.7. The molecule has 0 bridgehead atoms. The molecule has 3 fully saturated rings. The van der Waals surface area contributed by atoms with Gasteiger partial charge in [0.05, 0.1) is 23.8 Å². The van der Waals surface area contributed by atoms with Gasteiger partial charge in [0.15, 0.2) is 0 Å². The molecule has 46 heavy (non-hydrogen) atoms. The highest BCUT2D eigenvalue weighted by Gasteiger charge is 2.43. The first kappa shape index (κ1) is 31.2. The highest BCUT2D eigenvalue weighted by molar-refractivity contribution is 6.30. The largest absolute Gasteiger partial charge is 0.446 e. The molecule has 2 aliphatic heterocycles.